The summed E-state index contributed by atoms with van der Waals surface area (Å²) in [4.78, 5) is 17.7. The number of aliphatic imine (C=N–C) groups is 1. The Kier molecular flexibility index (Phi) is 2.03. The highest BCUT2D eigenvalue weighted by Gasteiger charge is 2.33. The summed E-state index contributed by atoms with van der Waals surface area (Å²) in [5.41, 5.74) is 6.87. The molecule has 0 spiro atoms. The number of rotatable bonds is 1. The van der Waals surface area contributed by atoms with Crippen LogP contribution < -0.4 is 5.73 Å². The minimum absolute atomic E-state index is 0.164. The van der Waals surface area contributed by atoms with E-state index in [4.69, 9.17) is 5.73 Å². The number of urea groups is 1. The number of nitrogens with two attached hydrogens (primary N) is 1. The number of amides is 2. The van der Waals surface area contributed by atoms with Crippen molar-refractivity contribution < 1.29 is 4.79 Å². The van der Waals surface area contributed by atoms with Crippen LogP contribution in [0.15, 0.2) is 16.4 Å². The monoisotopic (exact) mass is 209 g/mol. The van der Waals surface area contributed by atoms with E-state index >= 15 is 0 Å². The van der Waals surface area contributed by atoms with Crippen LogP contribution >= 0.6 is 11.3 Å². The van der Waals surface area contributed by atoms with Gasteiger partial charge in [-0.3, -0.25) is 0 Å². The average molecular weight is 209 g/mol. The summed E-state index contributed by atoms with van der Waals surface area (Å²) >= 11 is 1.60. The third-order valence-electron chi connectivity index (χ3n) is 2.34. The smallest absolute Gasteiger partial charge is 0.345 e. The topological polar surface area (TPSA) is 58.7 Å². The van der Waals surface area contributed by atoms with E-state index in [1.165, 1.54) is 0 Å². The standard InChI is InChI=1S/C9H11N3OS/c1-5-3-4-14-7(5)6-8(10)11-9(13)12(6)2/h3-4,6H,1-2H3,(H2,10,11,13). The molecule has 4 nitrogen and oxygen atoms in total. The van der Waals surface area contributed by atoms with Gasteiger partial charge in [-0.15, -0.1) is 11.3 Å². The Bertz CT molecular complexity index is 410. The van der Waals surface area contributed by atoms with Crippen LogP contribution in [0.1, 0.15) is 16.5 Å². The summed E-state index contributed by atoms with van der Waals surface area (Å²) in [5, 5.41) is 1.99. The normalized spacial score (nSPS) is 21.6. The molecule has 0 aliphatic carbocycles. The SMILES string of the molecule is Cc1ccsc1C1C(N)=NC(=O)N1C. The summed E-state index contributed by atoms with van der Waals surface area (Å²) in [7, 11) is 1.72. The Morgan fingerprint density at radius 1 is 1.64 bits per heavy atom. The first kappa shape index (κ1) is 9.21. The quantitative estimate of drug-likeness (QED) is 0.762. The largest absolute Gasteiger partial charge is 0.385 e. The van der Waals surface area contributed by atoms with Crippen molar-refractivity contribution in [3.8, 4) is 0 Å². The second-order valence-corrected chi connectivity index (χ2v) is 4.25. The van der Waals surface area contributed by atoms with Gasteiger partial charge in [0.2, 0.25) is 0 Å². The molecular weight excluding hydrogens is 198 g/mol. The van der Waals surface area contributed by atoms with Gasteiger partial charge in [0.05, 0.1) is 0 Å². The van der Waals surface area contributed by atoms with Gasteiger partial charge in [0.25, 0.3) is 0 Å². The van der Waals surface area contributed by atoms with Gasteiger partial charge >= 0.3 is 6.03 Å². The van der Waals surface area contributed by atoms with E-state index < -0.39 is 0 Å². The van der Waals surface area contributed by atoms with Gasteiger partial charge in [-0.2, -0.15) is 4.99 Å². The minimum Gasteiger partial charge on any atom is -0.385 e. The van der Waals surface area contributed by atoms with Crippen LogP contribution in [0.4, 0.5) is 4.79 Å². The lowest BCUT2D eigenvalue weighted by atomic mass is 10.1. The van der Waals surface area contributed by atoms with Crippen molar-refractivity contribution in [1.82, 2.24) is 4.90 Å². The molecule has 2 N–H and O–H groups in total. The van der Waals surface area contributed by atoms with E-state index in [-0.39, 0.29) is 12.1 Å². The summed E-state index contributed by atoms with van der Waals surface area (Å²) in [5.74, 6) is 0.392. The molecule has 1 aliphatic heterocycles. The maximum absolute atomic E-state index is 11.3. The Hall–Kier alpha value is -1.36. The summed E-state index contributed by atoms with van der Waals surface area (Å²) < 4.78 is 0. The molecule has 0 saturated carbocycles. The number of hydrogen-bond donors (Lipinski definition) is 1. The highest BCUT2D eigenvalue weighted by atomic mass is 32.1. The van der Waals surface area contributed by atoms with Crippen LogP contribution in [0.25, 0.3) is 0 Å². The number of nitrogens with zero attached hydrogens (tertiary/aromatic N) is 2. The molecule has 14 heavy (non-hydrogen) atoms. The third kappa shape index (κ3) is 1.21. The first-order valence-corrected chi connectivity index (χ1v) is 5.14. The van der Waals surface area contributed by atoms with Gasteiger partial charge in [-0.05, 0) is 23.9 Å². The molecule has 2 amide bonds. The number of amidine groups is 1. The molecule has 0 fully saturated rings. The second kappa shape index (κ2) is 3.09. The molecule has 0 bridgehead atoms. The van der Waals surface area contributed by atoms with E-state index in [1.807, 2.05) is 18.4 Å². The maximum Gasteiger partial charge on any atom is 0.345 e. The fraction of sp³-hybridized carbons (Fsp3) is 0.333. The van der Waals surface area contributed by atoms with Crippen molar-refractivity contribution in [2.45, 2.75) is 13.0 Å². The predicted molar refractivity (Wildman–Crippen MR) is 56.6 cm³/mol. The molecule has 1 aromatic heterocycles. The third-order valence-corrected chi connectivity index (χ3v) is 3.42. The molecule has 2 rings (SSSR count). The van der Waals surface area contributed by atoms with Gasteiger partial charge in [0.15, 0.2) is 0 Å². The van der Waals surface area contributed by atoms with E-state index in [0.29, 0.717) is 5.84 Å². The van der Waals surface area contributed by atoms with E-state index in [9.17, 15) is 4.79 Å². The number of likely N-dealkylation sites (N-methyl/N-ethyl adjacent to an activating group) is 1. The summed E-state index contributed by atoms with van der Waals surface area (Å²) in [6.45, 7) is 2.01. The first-order valence-electron chi connectivity index (χ1n) is 4.26. The van der Waals surface area contributed by atoms with E-state index in [1.54, 1.807) is 23.3 Å². The van der Waals surface area contributed by atoms with E-state index in [0.717, 1.165) is 10.4 Å². The maximum atomic E-state index is 11.3. The van der Waals surface area contributed by atoms with Gasteiger partial charge in [-0.1, -0.05) is 0 Å². The van der Waals surface area contributed by atoms with Crippen molar-refractivity contribution >= 4 is 23.2 Å². The molecule has 0 saturated heterocycles. The Balaban J connectivity index is 2.41. The molecule has 1 unspecified atom stereocenters. The lowest BCUT2D eigenvalue weighted by molar-refractivity contribution is 0.219. The van der Waals surface area contributed by atoms with Crippen molar-refractivity contribution in [2.24, 2.45) is 10.7 Å². The van der Waals surface area contributed by atoms with Crippen LogP contribution in [0, 0.1) is 6.92 Å². The highest BCUT2D eigenvalue weighted by molar-refractivity contribution is 7.10. The van der Waals surface area contributed by atoms with Crippen LogP contribution in [0.5, 0.6) is 0 Å². The molecule has 0 radical (unpaired) electrons. The van der Waals surface area contributed by atoms with Crippen LogP contribution in [0.3, 0.4) is 0 Å². The molecule has 0 aromatic carbocycles. The lowest BCUT2D eigenvalue weighted by Gasteiger charge is -2.18. The number of carbonyl (C=O) groups excluding carboxylic acids is 1. The molecule has 1 aromatic rings. The van der Waals surface area contributed by atoms with Gasteiger partial charge in [-0.25, -0.2) is 4.79 Å². The number of thiophene rings is 1. The van der Waals surface area contributed by atoms with Crippen LogP contribution in [0.2, 0.25) is 0 Å². The Morgan fingerprint density at radius 2 is 2.36 bits per heavy atom. The molecule has 74 valence electrons. The van der Waals surface area contributed by atoms with Crippen LogP contribution in [-0.2, 0) is 0 Å². The molecule has 1 aliphatic rings. The zero-order valence-electron chi connectivity index (χ0n) is 8.02. The van der Waals surface area contributed by atoms with Crippen molar-refractivity contribution in [1.29, 1.82) is 0 Å². The predicted octanol–water partition coefficient (Wildman–Crippen LogP) is 1.52. The molecule has 5 heteroatoms. The Morgan fingerprint density at radius 3 is 2.79 bits per heavy atom. The van der Waals surface area contributed by atoms with Gasteiger partial charge in [0.1, 0.15) is 11.9 Å². The zero-order chi connectivity index (χ0) is 10.3. The van der Waals surface area contributed by atoms with Gasteiger partial charge < -0.3 is 10.6 Å². The number of aryl methyl sites for hydroxylation is 1. The number of carbonyl (C=O) groups is 1. The summed E-state index contributed by atoms with van der Waals surface area (Å²) in [6.07, 6.45) is 0. The second-order valence-electron chi connectivity index (χ2n) is 3.30. The summed E-state index contributed by atoms with van der Waals surface area (Å²) in [6, 6.07) is 1.59. The minimum atomic E-state index is -0.264. The zero-order valence-corrected chi connectivity index (χ0v) is 8.84. The van der Waals surface area contributed by atoms with Crippen molar-refractivity contribution in [3.05, 3.63) is 21.9 Å². The highest BCUT2D eigenvalue weighted by Crippen LogP contribution is 2.31. The lowest BCUT2D eigenvalue weighted by Crippen LogP contribution is -2.29. The molecule has 1 atom stereocenters. The first-order chi connectivity index (χ1) is 6.61. The fourth-order valence-corrected chi connectivity index (χ4v) is 2.61. The van der Waals surface area contributed by atoms with Gasteiger partial charge in [0, 0.05) is 11.9 Å². The van der Waals surface area contributed by atoms with Crippen molar-refractivity contribution in [3.63, 3.8) is 0 Å². The molecular formula is C9H11N3OS. The molecule has 2 heterocycles. The average Bonchev–Trinajstić information content (AvgIpc) is 2.60. The Labute approximate surface area is 86.0 Å². The fourth-order valence-electron chi connectivity index (χ4n) is 1.53. The van der Waals surface area contributed by atoms with Crippen molar-refractivity contribution in [2.75, 3.05) is 7.05 Å². The van der Waals surface area contributed by atoms with E-state index in [2.05, 4.69) is 4.99 Å². The number of hydrogen-bond acceptors (Lipinski definition) is 3. The van der Waals surface area contributed by atoms with Crippen LogP contribution in [-0.4, -0.2) is 23.8 Å².